The average molecular weight is 477 g/mol. The monoisotopic (exact) mass is 476 g/mol. The highest BCUT2D eigenvalue weighted by molar-refractivity contribution is 9.10. The van der Waals surface area contributed by atoms with Gasteiger partial charge in [-0.05, 0) is 48.6 Å². The van der Waals surface area contributed by atoms with Crippen LogP contribution in [0.3, 0.4) is 0 Å². The van der Waals surface area contributed by atoms with E-state index in [1.54, 1.807) is 11.3 Å². The van der Waals surface area contributed by atoms with Crippen LogP contribution in [0.2, 0.25) is 0 Å². The number of hydrogen-bond donors (Lipinski definition) is 1. The molecule has 144 valence electrons. The standard InChI is InChI=1S/C20H18BrFN4S2/c21-15-3-1-14(2-4-15)18-13-28-19(23-18)24-20(27)26-11-9-25(10-12-26)17-7-5-16(22)6-8-17/h1-8,13H,9-12H2,(H,23,24,27). The normalized spacial score (nSPS) is 14.2. The van der Waals surface area contributed by atoms with E-state index in [-0.39, 0.29) is 5.82 Å². The molecule has 0 unspecified atom stereocenters. The Morgan fingerprint density at radius 3 is 2.39 bits per heavy atom. The van der Waals surface area contributed by atoms with Gasteiger partial charge in [-0.25, -0.2) is 9.37 Å². The number of nitrogens with zero attached hydrogens (tertiary/aromatic N) is 3. The van der Waals surface area contributed by atoms with Crippen molar-refractivity contribution in [2.45, 2.75) is 0 Å². The molecule has 1 aliphatic heterocycles. The number of rotatable bonds is 3. The van der Waals surface area contributed by atoms with E-state index in [0.717, 1.165) is 52.7 Å². The quantitative estimate of drug-likeness (QED) is 0.523. The second-order valence-electron chi connectivity index (χ2n) is 6.43. The van der Waals surface area contributed by atoms with E-state index >= 15 is 0 Å². The van der Waals surface area contributed by atoms with Crippen molar-refractivity contribution < 1.29 is 4.39 Å². The third-order valence-electron chi connectivity index (χ3n) is 4.62. The van der Waals surface area contributed by atoms with Crippen LogP contribution in [-0.4, -0.2) is 41.2 Å². The molecule has 0 atom stereocenters. The van der Waals surface area contributed by atoms with Crippen LogP contribution in [0.1, 0.15) is 0 Å². The van der Waals surface area contributed by atoms with Gasteiger partial charge in [-0.1, -0.05) is 28.1 Å². The van der Waals surface area contributed by atoms with Crippen LogP contribution in [0.5, 0.6) is 0 Å². The van der Waals surface area contributed by atoms with Crippen LogP contribution in [0.15, 0.2) is 58.4 Å². The highest BCUT2D eigenvalue weighted by atomic mass is 79.9. The topological polar surface area (TPSA) is 31.4 Å². The molecule has 0 bridgehead atoms. The second-order valence-corrected chi connectivity index (χ2v) is 8.59. The zero-order chi connectivity index (χ0) is 19.5. The lowest BCUT2D eigenvalue weighted by molar-refractivity contribution is 0.391. The van der Waals surface area contributed by atoms with Gasteiger partial charge in [0.25, 0.3) is 0 Å². The number of hydrogen-bond acceptors (Lipinski definition) is 4. The summed E-state index contributed by atoms with van der Waals surface area (Å²) in [5.74, 6) is -0.210. The van der Waals surface area contributed by atoms with E-state index < -0.39 is 0 Å². The molecular weight excluding hydrogens is 459 g/mol. The summed E-state index contributed by atoms with van der Waals surface area (Å²) in [5.41, 5.74) is 3.05. The van der Waals surface area contributed by atoms with E-state index in [1.165, 1.54) is 12.1 Å². The Kier molecular flexibility index (Phi) is 5.89. The Labute approximate surface area is 181 Å². The summed E-state index contributed by atoms with van der Waals surface area (Å²) in [7, 11) is 0. The molecular formula is C20H18BrFN4S2. The molecule has 1 aromatic heterocycles. The molecule has 4 nitrogen and oxygen atoms in total. The minimum Gasteiger partial charge on any atom is -0.368 e. The van der Waals surface area contributed by atoms with Gasteiger partial charge < -0.3 is 15.1 Å². The van der Waals surface area contributed by atoms with Gasteiger partial charge in [0.1, 0.15) is 5.82 Å². The molecule has 1 saturated heterocycles. The summed E-state index contributed by atoms with van der Waals surface area (Å²) in [6.45, 7) is 3.31. The first kappa shape index (κ1) is 19.3. The van der Waals surface area contributed by atoms with Crippen molar-refractivity contribution in [3.63, 3.8) is 0 Å². The van der Waals surface area contributed by atoms with Crippen molar-refractivity contribution in [1.29, 1.82) is 0 Å². The molecule has 0 radical (unpaired) electrons. The first-order valence-corrected chi connectivity index (χ1v) is 10.9. The third kappa shape index (κ3) is 4.51. The van der Waals surface area contributed by atoms with Crippen LogP contribution >= 0.6 is 39.5 Å². The van der Waals surface area contributed by atoms with Gasteiger partial charge in [0, 0.05) is 47.3 Å². The van der Waals surface area contributed by atoms with E-state index in [1.807, 2.05) is 41.8 Å². The molecule has 28 heavy (non-hydrogen) atoms. The molecule has 0 saturated carbocycles. The zero-order valence-electron chi connectivity index (χ0n) is 14.9. The van der Waals surface area contributed by atoms with Crippen molar-refractivity contribution in [2.75, 3.05) is 36.4 Å². The Hall–Kier alpha value is -2.03. The van der Waals surface area contributed by atoms with Crippen LogP contribution in [-0.2, 0) is 0 Å². The zero-order valence-corrected chi connectivity index (χ0v) is 18.2. The minimum atomic E-state index is -0.210. The van der Waals surface area contributed by atoms with Crippen molar-refractivity contribution in [3.05, 3.63) is 64.2 Å². The first-order valence-electron chi connectivity index (χ1n) is 8.86. The smallest absolute Gasteiger partial charge is 0.189 e. The van der Waals surface area contributed by atoms with Gasteiger partial charge in [0.2, 0.25) is 0 Å². The molecule has 4 rings (SSSR count). The van der Waals surface area contributed by atoms with Gasteiger partial charge in [-0.3, -0.25) is 0 Å². The lowest BCUT2D eigenvalue weighted by atomic mass is 10.2. The van der Waals surface area contributed by atoms with Crippen LogP contribution in [0.25, 0.3) is 11.3 Å². The molecule has 0 amide bonds. The minimum absolute atomic E-state index is 0.210. The number of thiazole rings is 1. The van der Waals surface area contributed by atoms with Gasteiger partial charge in [0.05, 0.1) is 5.69 Å². The Bertz CT molecular complexity index is 951. The molecule has 0 aliphatic carbocycles. The van der Waals surface area contributed by atoms with E-state index in [9.17, 15) is 4.39 Å². The summed E-state index contributed by atoms with van der Waals surface area (Å²) < 4.78 is 14.1. The van der Waals surface area contributed by atoms with Crippen molar-refractivity contribution in [1.82, 2.24) is 9.88 Å². The van der Waals surface area contributed by atoms with Gasteiger partial charge >= 0.3 is 0 Å². The summed E-state index contributed by atoms with van der Waals surface area (Å²) in [5, 5.41) is 6.78. The maximum atomic E-state index is 13.1. The molecule has 3 aromatic rings. The summed E-state index contributed by atoms with van der Waals surface area (Å²) in [6, 6.07) is 14.7. The maximum Gasteiger partial charge on any atom is 0.189 e. The van der Waals surface area contributed by atoms with Crippen LogP contribution in [0.4, 0.5) is 15.2 Å². The highest BCUT2D eigenvalue weighted by Gasteiger charge is 2.20. The lowest BCUT2D eigenvalue weighted by Gasteiger charge is -2.37. The molecule has 8 heteroatoms. The SMILES string of the molecule is Fc1ccc(N2CCN(C(=S)Nc3nc(-c4ccc(Br)cc4)cs3)CC2)cc1. The van der Waals surface area contributed by atoms with E-state index in [4.69, 9.17) is 12.2 Å². The number of anilines is 2. The van der Waals surface area contributed by atoms with E-state index in [2.05, 4.69) is 36.0 Å². The fourth-order valence-electron chi connectivity index (χ4n) is 3.07. The lowest BCUT2D eigenvalue weighted by Crippen LogP contribution is -2.50. The summed E-state index contributed by atoms with van der Waals surface area (Å²) in [6.07, 6.45) is 0. The molecule has 0 spiro atoms. The Balaban J connectivity index is 1.33. The van der Waals surface area contributed by atoms with Crippen molar-refractivity contribution >= 4 is 55.4 Å². The number of aromatic nitrogens is 1. The predicted octanol–water partition coefficient (Wildman–Crippen LogP) is 5.23. The number of halogens is 2. The third-order valence-corrected chi connectivity index (χ3v) is 6.26. The fraction of sp³-hybridized carbons (Fsp3) is 0.200. The van der Waals surface area contributed by atoms with Gasteiger partial charge in [-0.2, -0.15) is 0 Å². The molecule has 2 aromatic carbocycles. The average Bonchev–Trinajstić information content (AvgIpc) is 3.18. The number of benzene rings is 2. The maximum absolute atomic E-state index is 13.1. The van der Waals surface area contributed by atoms with Crippen molar-refractivity contribution in [3.8, 4) is 11.3 Å². The summed E-state index contributed by atoms with van der Waals surface area (Å²) >= 11 is 10.6. The fourth-order valence-corrected chi connectivity index (χ4v) is 4.40. The van der Waals surface area contributed by atoms with Gasteiger partial charge in [0.15, 0.2) is 10.2 Å². The molecule has 1 aliphatic rings. The highest BCUT2D eigenvalue weighted by Crippen LogP contribution is 2.26. The Morgan fingerprint density at radius 1 is 1.04 bits per heavy atom. The van der Waals surface area contributed by atoms with Crippen LogP contribution < -0.4 is 10.2 Å². The summed E-state index contributed by atoms with van der Waals surface area (Å²) in [4.78, 5) is 9.04. The van der Waals surface area contributed by atoms with Crippen molar-refractivity contribution in [2.24, 2.45) is 0 Å². The van der Waals surface area contributed by atoms with Gasteiger partial charge in [-0.15, -0.1) is 11.3 Å². The largest absolute Gasteiger partial charge is 0.368 e. The molecule has 1 N–H and O–H groups in total. The predicted molar refractivity (Wildman–Crippen MR) is 122 cm³/mol. The molecule has 1 fully saturated rings. The second kappa shape index (κ2) is 8.55. The first-order chi connectivity index (χ1) is 13.6. The van der Waals surface area contributed by atoms with E-state index in [0.29, 0.717) is 5.11 Å². The number of piperazine rings is 1. The molecule has 2 heterocycles. The number of thiocarbonyl (C=S) groups is 1. The van der Waals surface area contributed by atoms with Crippen LogP contribution in [0, 0.1) is 5.82 Å². The number of nitrogens with one attached hydrogen (secondary N) is 1. The Morgan fingerprint density at radius 2 is 1.71 bits per heavy atom.